The van der Waals surface area contributed by atoms with Crippen molar-refractivity contribution in [3.8, 4) is 11.5 Å². The van der Waals surface area contributed by atoms with E-state index in [-0.39, 0.29) is 0 Å². The van der Waals surface area contributed by atoms with E-state index >= 15 is 0 Å². The predicted octanol–water partition coefficient (Wildman–Crippen LogP) is 2.06. The molecule has 0 atom stereocenters. The van der Waals surface area contributed by atoms with Gasteiger partial charge in [0.1, 0.15) is 6.29 Å². The Labute approximate surface area is 88.3 Å². The van der Waals surface area contributed by atoms with E-state index < -0.39 is 0 Å². The number of carbonyl (C=O) groups excluding carboxylic acids is 1. The van der Waals surface area contributed by atoms with Crippen molar-refractivity contribution in [2.24, 2.45) is 0 Å². The molecule has 1 aliphatic rings. The van der Waals surface area contributed by atoms with E-state index in [9.17, 15) is 4.79 Å². The number of hydrogen-bond donors (Lipinski definition) is 0. The van der Waals surface area contributed by atoms with Gasteiger partial charge in [-0.15, -0.1) is 0 Å². The highest BCUT2D eigenvalue weighted by molar-refractivity contribution is 5.74. The third-order valence-electron chi connectivity index (χ3n) is 2.14. The molecule has 3 heteroatoms. The normalized spacial score (nSPS) is 14.9. The summed E-state index contributed by atoms with van der Waals surface area (Å²) in [7, 11) is 0. The summed E-state index contributed by atoms with van der Waals surface area (Å²) in [6.07, 6.45) is 4.85. The van der Waals surface area contributed by atoms with Gasteiger partial charge in [-0.1, -0.05) is 12.1 Å². The van der Waals surface area contributed by atoms with E-state index in [2.05, 4.69) is 0 Å². The van der Waals surface area contributed by atoms with Gasteiger partial charge in [0.15, 0.2) is 11.5 Å². The molecule has 0 saturated carbocycles. The van der Waals surface area contributed by atoms with E-state index in [1.807, 2.05) is 18.2 Å². The number of allylic oxidation sites excluding steroid dienone is 1. The first-order valence-corrected chi connectivity index (χ1v) is 4.91. The molecule has 3 nitrogen and oxygen atoms in total. The van der Waals surface area contributed by atoms with Gasteiger partial charge in [-0.3, -0.25) is 4.79 Å². The lowest BCUT2D eigenvalue weighted by atomic mass is 10.2. The molecule has 1 aromatic carbocycles. The van der Waals surface area contributed by atoms with Crippen LogP contribution in [0.1, 0.15) is 12.0 Å². The van der Waals surface area contributed by atoms with Gasteiger partial charge in [0.05, 0.1) is 13.2 Å². The van der Waals surface area contributed by atoms with Gasteiger partial charge in [-0.25, -0.2) is 0 Å². The molecule has 0 spiro atoms. The second kappa shape index (κ2) is 4.64. The zero-order valence-corrected chi connectivity index (χ0v) is 8.31. The minimum Gasteiger partial charge on any atom is -0.490 e. The number of fused-ring (bicyclic) bond motifs is 1. The summed E-state index contributed by atoms with van der Waals surface area (Å²) in [5.74, 6) is 1.52. The molecule has 15 heavy (non-hydrogen) atoms. The van der Waals surface area contributed by atoms with E-state index in [0.717, 1.165) is 29.8 Å². The smallest absolute Gasteiger partial charge is 0.161 e. The molecule has 0 radical (unpaired) electrons. The number of rotatable bonds is 2. The maximum absolute atomic E-state index is 10.2. The van der Waals surface area contributed by atoms with Gasteiger partial charge in [-0.05, 0) is 23.8 Å². The Balaban J connectivity index is 2.27. The molecule has 0 saturated heterocycles. The topological polar surface area (TPSA) is 35.5 Å². The fourth-order valence-electron chi connectivity index (χ4n) is 1.43. The lowest BCUT2D eigenvalue weighted by molar-refractivity contribution is -0.104. The molecule has 0 bridgehead atoms. The van der Waals surface area contributed by atoms with E-state index in [4.69, 9.17) is 9.47 Å². The SMILES string of the molecule is O=CC=Cc1ccc2c(c1)OCCCO2. The van der Waals surface area contributed by atoms with Crippen LogP contribution in [0, 0.1) is 0 Å². The Morgan fingerprint density at radius 2 is 1.93 bits per heavy atom. The third kappa shape index (κ3) is 2.37. The molecular formula is C12H12O3. The number of hydrogen-bond acceptors (Lipinski definition) is 3. The zero-order chi connectivity index (χ0) is 10.5. The van der Waals surface area contributed by atoms with Crippen molar-refractivity contribution in [2.75, 3.05) is 13.2 Å². The quantitative estimate of drug-likeness (QED) is 0.546. The summed E-state index contributed by atoms with van der Waals surface area (Å²) in [6.45, 7) is 1.37. The Bertz CT molecular complexity index is 382. The minimum absolute atomic E-state index is 0.674. The average molecular weight is 204 g/mol. The van der Waals surface area contributed by atoms with Gasteiger partial charge in [0.2, 0.25) is 0 Å². The maximum atomic E-state index is 10.2. The summed E-state index contributed by atoms with van der Waals surface area (Å²) < 4.78 is 11.0. The zero-order valence-electron chi connectivity index (χ0n) is 8.31. The summed E-state index contributed by atoms with van der Waals surface area (Å²) in [5, 5.41) is 0. The molecule has 0 unspecified atom stereocenters. The van der Waals surface area contributed by atoms with Crippen LogP contribution < -0.4 is 9.47 Å². The van der Waals surface area contributed by atoms with Crippen LogP contribution in [-0.4, -0.2) is 19.5 Å². The average Bonchev–Trinajstić information content (AvgIpc) is 2.50. The van der Waals surface area contributed by atoms with Crippen molar-refractivity contribution in [3.63, 3.8) is 0 Å². The molecule has 0 N–H and O–H groups in total. The Morgan fingerprint density at radius 1 is 1.13 bits per heavy atom. The molecule has 2 rings (SSSR count). The highest BCUT2D eigenvalue weighted by Gasteiger charge is 2.09. The molecule has 0 fully saturated rings. The van der Waals surface area contributed by atoms with Crippen LogP contribution in [0.4, 0.5) is 0 Å². The van der Waals surface area contributed by atoms with Crippen LogP contribution in [-0.2, 0) is 4.79 Å². The van der Waals surface area contributed by atoms with Crippen molar-refractivity contribution < 1.29 is 14.3 Å². The molecular weight excluding hydrogens is 192 g/mol. The monoisotopic (exact) mass is 204 g/mol. The van der Waals surface area contributed by atoms with E-state index in [1.165, 1.54) is 6.08 Å². The second-order valence-corrected chi connectivity index (χ2v) is 3.25. The third-order valence-corrected chi connectivity index (χ3v) is 2.14. The van der Waals surface area contributed by atoms with Gasteiger partial charge in [-0.2, -0.15) is 0 Å². The first kappa shape index (κ1) is 9.77. The number of carbonyl (C=O) groups is 1. The van der Waals surface area contributed by atoms with Crippen LogP contribution in [0.15, 0.2) is 24.3 Å². The van der Waals surface area contributed by atoms with Gasteiger partial charge in [0, 0.05) is 6.42 Å². The molecule has 1 heterocycles. The molecule has 0 amide bonds. The minimum atomic E-state index is 0.674. The van der Waals surface area contributed by atoms with Crippen molar-refractivity contribution >= 4 is 12.4 Å². The van der Waals surface area contributed by atoms with Crippen molar-refractivity contribution in [3.05, 3.63) is 29.8 Å². The molecule has 1 aromatic rings. The summed E-state index contributed by atoms with van der Waals surface area (Å²) in [6, 6.07) is 5.64. The number of ether oxygens (including phenoxy) is 2. The van der Waals surface area contributed by atoms with Gasteiger partial charge < -0.3 is 9.47 Å². The number of benzene rings is 1. The maximum Gasteiger partial charge on any atom is 0.161 e. The summed E-state index contributed by atoms with van der Waals surface area (Å²) >= 11 is 0. The molecule has 1 aliphatic heterocycles. The lowest BCUT2D eigenvalue weighted by Gasteiger charge is -2.07. The first-order chi connectivity index (χ1) is 7.40. The van der Waals surface area contributed by atoms with Crippen molar-refractivity contribution in [2.45, 2.75) is 6.42 Å². The van der Waals surface area contributed by atoms with Crippen LogP contribution in [0.5, 0.6) is 11.5 Å². The van der Waals surface area contributed by atoms with Gasteiger partial charge in [0.25, 0.3) is 0 Å². The van der Waals surface area contributed by atoms with Crippen LogP contribution >= 0.6 is 0 Å². The fraction of sp³-hybridized carbons (Fsp3) is 0.250. The highest BCUT2D eigenvalue weighted by Crippen LogP contribution is 2.30. The van der Waals surface area contributed by atoms with E-state index in [1.54, 1.807) is 6.08 Å². The Kier molecular flexibility index (Phi) is 3.02. The van der Waals surface area contributed by atoms with E-state index in [0.29, 0.717) is 13.2 Å². The first-order valence-electron chi connectivity index (χ1n) is 4.91. The van der Waals surface area contributed by atoms with Gasteiger partial charge >= 0.3 is 0 Å². The second-order valence-electron chi connectivity index (χ2n) is 3.25. The summed E-state index contributed by atoms with van der Waals surface area (Å²) in [4.78, 5) is 10.2. The van der Waals surface area contributed by atoms with Crippen molar-refractivity contribution in [1.82, 2.24) is 0 Å². The van der Waals surface area contributed by atoms with Crippen LogP contribution in [0.3, 0.4) is 0 Å². The predicted molar refractivity (Wildman–Crippen MR) is 57.1 cm³/mol. The van der Waals surface area contributed by atoms with Crippen molar-refractivity contribution in [1.29, 1.82) is 0 Å². The standard InChI is InChI=1S/C12H12O3/c13-6-1-3-10-4-5-11-12(9-10)15-8-2-7-14-11/h1,3-6,9H,2,7-8H2. The highest BCUT2D eigenvalue weighted by atomic mass is 16.5. The molecule has 78 valence electrons. The summed E-state index contributed by atoms with van der Waals surface area (Å²) in [5.41, 5.74) is 0.936. The van der Waals surface area contributed by atoms with Crippen LogP contribution in [0.2, 0.25) is 0 Å². The molecule has 0 aromatic heterocycles. The largest absolute Gasteiger partial charge is 0.490 e. The Hall–Kier alpha value is -1.77. The van der Waals surface area contributed by atoms with Crippen LogP contribution in [0.25, 0.3) is 6.08 Å². The Morgan fingerprint density at radius 3 is 2.73 bits per heavy atom. The number of aldehydes is 1. The lowest BCUT2D eigenvalue weighted by Crippen LogP contribution is -1.97. The fourth-order valence-corrected chi connectivity index (χ4v) is 1.43. The molecule has 0 aliphatic carbocycles.